The van der Waals surface area contributed by atoms with Crippen LogP contribution in [0.2, 0.25) is 0 Å². The lowest BCUT2D eigenvalue weighted by Gasteiger charge is -2.06. The van der Waals surface area contributed by atoms with Gasteiger partial charge in [0.05, 0.1) is 29.6 Å². The van der Waals surface area contributed by atoms with E-state index in [0.29, 0.717) is 6.42 Å². The van der Waals surface area contributed by atoms with Crippen molar-refractivity contribution in [3.05, 3.63) is 23.5 Å². The summed E-state index contributed by atoms with van der Waals surface area (Å²) >= 11 is 0. The van der Waals surface area contributed by atoms with E-state index in [1.807, 2.05) is 19.2 Å². The number of nitriles is 1. The van der Waals surface area contributed by atoms with Crippen LogP contribution in [-0.2, 0) is 12.8 Å². The number of aromatic nitrogens is 1. The highest BCUT2D eigenvalue weighted by atomic mass is 14.9. The summed E-state index contributed by atoms with van der Waals surface area (Å²) in [6, 6.07) is 5.94. The molecule has 0 radical (unpaired) electrons. The first-order valence-corrected chi connectivity index (χ1v) is 4.35. The van der Waals surface area contributed by atoms with Crippen molar-refractivity contribution >= 4 is 5.69 Å². The Kier molecular flexibility index (Phi) is 3.27. The smallest absolute Gasteiger partial charge is 0.0774 e. The Bertz CT molecular complexity index is 325. The van der Waals surface area contributed by atoms with Crippen LogP contribution in [0.3, 0.4) is 0 Å². The number of nitrogens with zero attached hydrogens (tertiary/aromatic N) is 2. The Hall–Kier alpha value is -1.56. The fourth-order valence-corrected chi connectivity index (χ4v) is 1.22. The number of hydrogen-bond acceptors (Lipinski definition) is 3. The topological polar surface area (TPSA) is 48.7 Å². The predicted octanol–water partition coefficient (Wildman–Crippen LogP) is 1.75. The summed E-state index contributed by atoms with van der Waals surface area (Å²) in [6.45, 7) is 2.05. The maximum absolute atomic E-state index is 8.50. The Morgan fingerprint density at radius 1 is 1.54 bits per heavy atom. The summed E-state index contributed by atoms with van der Waals surface area (Å²) in [4.78, 5) is 4.37. The van der Waals surface area contributed by atoms with Gasteiger partial charge in [-0.1, -0.05) is 6.92 Å². The van der Waals surface area contributed by atoms with Gasteiger partial charge >= 0.3 is 0 Å². The zero-order valence-electron chi connectivity index (χ0n) is 7.96. The van der Waals surface area contributed by atoms with Gasteiger partial charge in [-0.3, -0.25) is 4.98 Å². The molecule has 0 aliphatic heterocycles. The number of pyridine rings is 1. The molecule has 1 aromatic heterocycles. The maximum atomic E-state index is 8.50. The molecule has 1 rings (SSSR count). The third kappa shape index (κ3) is 2.19. The first-order chi connectivity index (χ1) is 6.31. The van der Waals surface area contributed by atoms with Crippen molar-refractivity contribution in [1.29, 1.82) is 5.26 Å². The summed E-state index contributed by atoms with van der Waals surface area (Å²) in [5, 5.41) is 11.6. The fourth-order valence-electron chi connectivity index (χ4n) is 1.22. The number of aryl methyl sites for hydroxylation is 1. The molecule has 0 saturated carbocycles. The summed E-state index contributed by atoms with van der Waals surface area (Å²) in [5.41, 5.74) is 2.91. The van der Waals surface area contributed by atoms with Gasteiger partial charge in [0.2, 0.25) is 0 Å². The summed E-state index contributed by atoms with van der Waals surface area (Å²) < 4.78 is 0. The molecule has 0 fully saturated rings. The molecule has 1 N–H and O–H groups in total. The molecule has 0 spiro atoms. The van der Waals surface area contributed by atoms with Crippen LogP contribution in [-0.4, -0.2) is 12.0 Å². The lowest BCUT2D eigenvalue weighted by Crippen LogP contribution is -2.00. The predicted molar refractivity (Wildman–Crippen MR) is 52.5 cm³/mol. The molecular formula is C10H13N3. The van der Waals surface area contributed by atoms with E-state index in [9.17, 15) is 0 Å². The van der Waals surface area contributed by atoms with E-state index in [1.165, 1.54) is 0 Å². The highest BCUT2D eigenvalue weighted by Gasteiger charge is 2.01. The molecule has 13 heavy (non-hydrogen) atoms. The SMILES string of the molecule is CCc1nc(CC#N)ccc1NC. The summed E-state index contributed by atoms with van der Waals surface area (Å²) in [6.07, 6.45) is 1.27. The lowest BCUT2D eigenvalue weighted by molar-refractivity contribution is 0.985. The Labute approximate surface area is 78.4 Å². The van der Waals surface area contributed by atoms with E-state index in [0.717, 1.165) is 23.5 Å². The number of nitrogens with one attached hydrogen (secondary N) is 1. The Balaban J connectivity index is 3.00. The van der Waals surface area contributed by atoms with Crippen molar-refractivity contribution in [3.8, 4) is 6.07 Å². The van der Waals surface area contributed by atoms with Gasteiger partial charge in [0, 0.05) is 7.05 Å². The molecule has 0 amide bonds. The van der Waals surface area contributed by atoms with Crippen LogP contribution in [0.15, 0.2) is 12.1 Å². The fraction of sp³-hybridized carbons (Fsp3) is 0.400. The maximum Gasteiger partial charge on any atom is 0.0774 e. The van der Waals surface area contributed by atoms with Crippen molar-refractivity contribution in [2.75, 3.05) is 12.4 Å². The van der Waals surface area contributed by atoms with Gasteiger partial charge in [0.15, 0.2) is 0 Å². The van der Waals surface area contributed by atoms with E-state index in [1.54, 1.807) is 0 Å². The summed E-state index contributed by atoms with van der Waals surface area (Å²) in [7, 11) is 1.88. The lowest BCUT2D eigenvalue weighted by atomic mass is 10.2. The molecule has 1 aromatic rings. The minimum absolute atomic E-state index is 0.386. The van der Waals surface area contributed by atoms with Gasteiger partial charge in [-0.2, -0.15) is 5.26 Å². The average molecular weight is 175 g/mol. The van der Waals surface area contributed by atoms with Gasteiger partial charge < -0.3 is 5.32 Å². The average Bonchev–Trinajstić information content (AvgIpc) is 2.18. The van der Waals surface area contributed by atoms with E-state index < -0.39 is 0 Å². The largest absolute Gasteiger partial charge is 0.387 e. The molecule has 3 heteroatoms. The molecular weight excluding hydrogens is 162 g/mol. The number of hydrogen-bond donors (Lipinski definition) is 1. The van der Waals surface area contributed by atoms with Gasteiger partial charge in [-0.25, -0.2) is 0 Å². The number of anilines is 1. The Morgan fingerprint density at radius 2 is 2.31 bits per heavy atom. The highest BCUT2D eigenvalue weighted by molar-refractivity contribution is 5.47. The molecule has 3 nitrogen and oxygen atoms in total. The normalized spacial score (nSPS) is 9.31. The van der Waals surface area contributed by atoms with Gasteiger partial charge in [-0.05, 0) is 18.6 Å². The molecule has 68 valence electrons. The third-order valence-electron chi connectivity index (χ3n) is 1.90. The van der Waals surface area contributed by atoms with E-state index in [2.05, 4.69) is 23.3 Å². The quantitative estimate of drug-likeness (QED) is 0.761. The monoisotopic (exact) mass is 175 g/mol. The van der Waals surface area contributed by atoms with Crippen LogP contribution in [0.5, 0.6) is 0 Å². The second kappa shape index (κ2) is 4.46. The van der Waals surface area contributed by atoms with Crippen molar-refractivity contribution in [3.63, 3.8) is 0 Å². The van der Waals surface area contributed by atoms with Crippen molar-refractivity contribution in [1.82, 2.24) is 4.98 Å². The first-order valence-electron chi connectivity index (χ1n) is 4.35. The zero-order chi connectivity index (χ0) is 9.68. The Morgan fingerprint density at radius 3 is 2.85 bits per heavy atom. The zero-order valence-corrected chi connectivity index (χ0v) is 7.96. The molecule has 1 heterocycles. The van der Waals surface area contributed by atoms with Gasteiger partial charge in [-0.15, -0.1) is 0 Å². The third-order valence-corrected chi connectivity index (χ3v) is 1.90. The molecule has 0 atom stereocenters. The molecule has 0 aromatic carbocycles. The second-order valence-corrected chi connectivity index (χ2v) is 2.74. The molecule has 0 aliphatic carbocycles. The van der Waals surface area contributed by atoms with Crippen molar-refractivity contribution < 1.29 is 0 Å². The molecule has 0 saturated heterocycles. The van der Waals surface area contributed by atoms with Crippen LogP contribution in [0.1, 0.15) is 18.3 Å². The minimum atomic E-state index is 0.386. The highest BCUT2D eigenvalue weighted by Crippen LogP contribution is 2.13. The van der Waals surface area contributed by atoms with Gasteiger partial charge in [0.25, 0.3) is 0 Å². The minimum Gasteiger partial charge on any atom is -0.387 e. The second-order valence-electron chi connectivity index (χ2n) is 2.74. The van der Waals surface area contributed by atoms with Gasteiger partial charge in [0.1, 0.15) is 0 Å². The van der Waals surface area contributed by atoms with E-state index in [4.69, 9.17) is 5.26 Å². The molecule has 0 unspecified atom stereocenters. The first kappa shape index (κ1) is 9.53. The van der Waals surface area contributed by atoms with E-state index >= 15 is 0 Å². The van der Waals surface area contributed by atoms with Crippen LogP contribution in [0.25, 0.3) is 0 Å². The van der Waals surface area contributed by atoms with E-state index in [-0.39, 0.29) is 0 Å². The van der Waals surface area contributed by atoms with Crippen molar-refractivity contribution in [2.45, 2.75) is 19.8 Å². The van der Waals surface area contributed by atoms with Crippen LogP contribution >= 0.6 is 0 Å². The van der Waals surface area contributed by atoms with Crippen LogP contribution in [0.4, 0.5) is 5.69 Å². The van der Waals surface area contributed by atoms with Crippen LogP contribution < -0.4 is 5.32 Å². The summed E-state index contributed by atoms with van der Waals surface area (Å²) in [5.74, 6) is 0. The standard InChI is InChI=1S/C10H13N3/c1-3-9-10(12-2)5-4-8(13-9)6-7-11/h4-5,12H,3,6H2,1-2H3. The molecule has 0 aliphatic rings. The van der Waals surface area contributed by atoms with Crippen LogP contribution in [0, 0.1) is 11.3 Å². The number of rotatable bonds is 3. The van der Waals surface area contributed by atoms with Crippen molar-refractivity contribution in [2.24, 2.45) is 0 Å². The molecule has 0 bridgehead atoms.